The van der Waals surface area contributed by atoms with Gasteiger partial charge < -0.3 is 10.7 Å². The topological polar surface area (TPSA) is 109 Å². The number of anilines is 1. The van der Waals surface area contributed by atoms with Gasteiger partial charge in [-0.05, 0) is 12.1 Å². The number of rotatable bonds is 1. The van der Waals surface area contributed by atoms with Crippen LogP contribution in [0.1, 0.15) is 0 Å². The smallest absolute Gasteiger partial charge is 0.180 e. The summed E-state index contributed by atoms with van der Waals surface area (Å²) >= 11 is 0. The first-order valence-corrected chi connectivity index (χ1v) is 4.31. The normalized spacial score (nSPS) is 10.9. The first-order valence-electron chi connectivity index (χ1n) is 4.31. The Hall–Kier alpha value is -2.44. The molecule has 0 spiro atoms. The van der Waals surface area contributed by atoms with Gasteiger partial charge in [-0.2, -0.15) is 15.4 Å². The molecule has 3 aromatic rings. The Morgan fingerprint density at radius 3 is 2.93 bits per heavy atom. The molecule has 15 heavy (non-hydrogen) atoms. The van der Waals surface area contributed by atoms with E-state index in [1.807, 2.05) is 6.07 Å². The highest BCUT2D eigenvalue weighted by Gasteiger charge is 2.08. The van der Waals surface area contributed by atoms with E-state index in [1.54, 1.807) is 12.3 Å². The average molecular weight is 201 g/mol. The van der Waals surface area contributed by atoms with Gasteiger partial charge in [-0.3, -0.25) is 0 Å². The van der Waals surface area contributed by atoms with Crippen molar-refractivity contribution in [3.05, 3.63) is 18.3 Å². The number of aromatic nitrogens is 6. The Morgan fingerprint density at radius 2 is 2.13 bits per heavy atom. The van der Waals surface area contributed by atoms with E-state index in [0.717, 1.165) is 5.52 Å². The van der Waals surface area contributed by atoms with Crippen molar-refractivity contribution in [3.63, 3.8) is 0 Å². The van der Waals surface area contributed by atoms with Gasteiger partial charge in [-0.25, -0.2) is 9.97 Å². The fourth-order valence-electron chi connectivity index (χ4n) is 1.34. The summed E-state index contributed by atoms with van der Waals surface area (Å²) in [6.07, 6.45) is 1.58. The van der Waals surface area contributed by atoms with Crippen LogP contribution in [-0.2, 0) is 0 Å². The largest absolute Gasteiger partial charge is 0.384 e. The van der Waals surface area contributed by atoms with Crippen molar-refractivity contribution in [2.75, 3.05) is 5.73 Å². The first-order chi connectivity index (χ1) is 7.33. The van der Waals surface area contributed by atoms with E-state index in [4.69, 9.17) is 5.73 Å². The van der Waals surface area contributed by atoms with Crippen LogP contribution >= 0.6 is 0 Å². The van der Waals surface area contributed by atoms with Crippen LogP contribution in [0.25, 0.3) is 22.7 Å². The Bertz CT molecular complexity index is 595. The van der Waals surface area contributed by atoms with Crippen molar-refractivity contribution >= 4 is 17.0 Å². The zero-order valence-electron chi connectivity index (χ0n) is 7.60. The summed E-state index contributed by atoms with van der Waals surface area (Å²) in [4.78, 5) is 11.4. The monoisotopic (exact) mass is 201 g/mol. The van der Waals surface area contributed by atoms with Crippen molar-refractivity contribution in [3.8, 4) is 11.5 Å². The second kappa shape index (κ2) is 2.77. The molecule has 3 rings (SSSR count). The molecule has 0 aromatic carbocycles. The number of hydrogen-bond acceptors (Lipinski definition) is 5. The molecule has 7 nitrogen and oxygen atoms in total. The second-order valence-electron chi connectivity index (χ2n) is 3.05. The molecular weight excluding hydrogens is 194 g/mol. The van der Waals surface area contributed by atoms with E-state index in [9.17, 15) is 0 Å². The Kier molecular flexibility index (Phi) is 1.46. The number of nitrogens with one attached hydrogen (secondary N) is 2. The van der Waals surface area contributed by atoms with E-state index >= 15 is 0 Å². The minimum atomic E-state index is 0.445. The van der Waals surface area contributed by atoms with E-state index in [0.29, 0.717) is 23.0 Å². The van der Waals surface area contributed by atoms with Crippen LogP contribution in [0.15, 0.2) is 18.3 Å². The Balaban J connectivity index is 2.22. The lowest BCUT2D eigenvalue weighted by molar-refractivity contribution is 0.940. The highest BCUT2D eigenvalue weighted by atomic mass is 15.3. The van der Waals surface area contributed by atoms with E-state index < -0.39 is 0 Å². The summed E-state index contributed by atoms with van der Waals surface area (Å²) in [6.45, 7) is 0. The molecule has 0 aliphatic rings. The van der Waals surface area contributed by atoms with Crippen LogP contribution in [0.4, 0.5) is 5.82 Å². The second-order valence-corrected chi connectivity index (χ2v) is 3.05. The summed E-state index contributed by atoms with van der Waals surface area (Å²) in [5, 5.41) is 10.1. The number of nitrogen functional groups attached to an aromatic ring is 1. The van der Waals surface area contributed by atoms with Crippen molar-refractivity contribution < 1.29 is 0 Å². The molecule has 74 valence electrons. The molecule has 0 saturated heterocycles. The average Bonchev–Trinajstić information content (AvgIpc) is 2.84. The molecule has 3 aromatic heterocycles. The molecule has 0 radical (unpaired) electrons. The number of hydrogen-bond donors (Lipinski definition) is 3. The summed E-state index contributed by atoms with van der Waals surface area (Å²) in [6, 6.07) is 3.54. The third kappa shape index (κ3) is 1.21. The van der Waals surface area contributed by atoms with Crippen molar-refractivity contribution in [1.29, 1.82) is 0 Å². The fourth-order valence-corrected chi connectivity index (χ4v) is 1.34. The van der Waals surface area contributed by atoms with Crippen LogP contribution in [0.2, 0.25) is 0 Å². The van der Waals surface area contributed by atoms with Gasteiger partial charge >= 0.3 is 0 Å². The molecule has 0 saturated carbocycles. The van der Waals surface area contributed by atoms with Crippen LogP contribution < -0.4 is 5.73 Å². The van der Waals surface area contributed by atoms with Crippen LogP contribution in [-0.4, -0.2) is 30.4 Å². The number of imidazole rings is 1. The van der Waals surface area contributed by atoms with Gasteiger partial charge in [-0.1, -0.05) is 0 Å². The van der Waals surface area contributed by atoms with E-state index in [2.05, 4.69) is 30.4 Å². The molecule has 0 aliphatic carbocycles. The number of pyridine rings is 1. The standard InChI is InChI=1S/C8H7N7/c9-6-2-1-4-7(12-6)13-8(11-4)5-3-10-15-14-5/h1-3H,(H,10,14,15)(H3,9,11,12,13). The predicted molar refractivity (Wildman–Crippen MR) is 53.7 cm³/mol. The van der Waals surface area contributed by atoms with Gasteiger partial charge in [0, 0.05) is 0 Å². The lowest BCUT2D eigenvalue weighted by Gasteiger charge is -1.88. The molecule has 0 unspecified atom stereocenters. The number of H-pyrrole nitrogens is 2. The molecule has 4 N–H and O–H groups in total. The molecule has 0 fully saturated rings. The fraction of sp³-hybridized carbons (Fsp3) is 0. The van der Waals surface area contributed by atoms with Crippen molar-refractivity contribution in [2.24, 2.45) is 0 Å². The molecular formula is C8H7N7. The van der Waals surface area contributed by atoms with Crippen LogP contribution in [0.5, 0.6) is 0 Å². The molecule has 0 aliphatic heterocycles. The minimum Gasteiger partial charge on any atom is -0.384 e. The summed E-state index contributed by atoms with van der Waals surface area (Å²) in [7, 11) is 0. The predicted octanol–water partition coefficient (Wildman–Crippen LogP) is 0.325. The zero-order valence-corrected chi connectivity index (χ0v) is 7.60. The summed E-state index contributed by atoms with van der Waals surface area (Å²) in [5.41, 5.74) is 7.60. The number of nitrogens with two attached hydrogens (primary N) is 1. The SMILES string of the molecule is Nc1ccc2[nH]c(-c3cn[nH]n3)nc2n1. The minimum absolute atomic E-state index is 0.445. The van der Waals surface area contributed by atoms with Crippen molar-refractivity contribution in [1.82, 2.24) is 30.4 Å². The maximum absolute atomic E-state index is 5.55. The Morgan fingerprint density at radius 1 is 1.20 bits per heavy atom. The van der Waals surface area contributed by atoms with Crippen LogP contribution in [0.3, 0.4) is 0 Å². The molecule has 0 amide bonds. The lowest BCUT2D eigenvalue weighted by atomic mass is 10.4. The van der Waals surface area contributed by atoms with Gasteiger partial charge in [0.05, 0.1) is 11.7 Å². The molecule has 0 bridgehead atoms. The van der Waals surface area contributed by atoms with Gasteiger partial charge in [-0.15, -0.1) is 0 Å². The highest BCUT2D eigenvalue weighted by molar-refractivity contribution is 5.76. The third-order valence-electron chi connectivity index (χ3n) is 2.03. The number of fused-ring (bicyclic) bond motifs is 1. The summed E-state index contributed by atoms with van der Waals surface area (Å²) < 4.78 is 0. The lowest BCUT2D eigenvalue weighted by Crippen LogP contribution is -1.88. The number of aromatic amines is 2. The maximum Gasteiger partial charge on any atom is 0.180 e. The van der Waals surface area contributed by atoms with Gasteiger partial charge in [0.25, 0.3) is 0 Å². The molecule has 0 atom stereocenters. The summed E-state index contributed by atoms with van der Waals surface area (Å²) in [5.74, 6) is 1.07. The first kappa shape index (κ1) is 7.92. The van der Waals surface area contributed by atoms with Crippen molar-refractivity contribution in [2.45, 2.75) is 0 Å². The van der Waals surface area contributed by atoms with Gasteiger partial charge in [0.2, 0.25) is 0 Å². The van der Waals surface area contributed by atoms with E-state index in [-0.39, 0.29) is 0 Å². The van der Waals surface area contributed by atoms with Gasteiger partial charge in [0.1, 0.15) is 11.5 Å². The molecule has 3 heterocycles. The third-order valence-corrected chi connectivity index (χ3v) is 2.03. The van der Waals surface area contributed by atoms with Crippen LogP contribution in [0, 0.1) is 0 Å². The highest BCUT2D eigenvalue weighted by Crippen LogP contribution is 2.16. The maximum atomic E-state index is 5.55. The zero-order chi connectivity index (χ0) is 10.3. The quantitative estimate of drug-likeness (QED) is 0.525. The Labute approximate surface area is 83.7 Å². The number of nitrogens with zero attached hydrogens (tertiary/aromatic N) is 4. The molecule has 7 heteroatoms. The van der Waals surface area contributed by atoms with E-state index in [1.165, 1.54) is 0 Å². The van der Waals surface area contributed by atoms with Gasteiger partial charge in [0.15, 0.2) is 11.5 Å².